The van der Waals surface area contributed by atoms with E-state index in [0.717, 1.165) is 12.1 Å². The average molecular weight is 325 g/mol. The summed E-state index contributed by atoms with van der Waals surface area (Å²) in [6.45, 7) is 2.22. The largest absolute Gasteiger partial charge is 0.376 e. The molecule has 0 fully saturated rings. The molecule has 1 heterocycles. The molecule has 0 saturated heterocycles. The zero-order valence-electron chi connectivity index (χ0n) is 13.4. The Hall–Kier alpha value is -2.19. The topological polar surface area (TPSA) is 27.8 Å². The van der Waals surface area contributed by atoms with Gasteiger partial charge in [-0.1, -0.05) is 48.6 Å². The lowest BCUT2D eigenvalue weighted by Gasteiger charge is -2.29. The maximum Gasteiger partial charge on any atom is 0.0565 e. The average Bonchev–Trinajstić information content (AvgIpc) is 2.94. The number of alkyl halides is 1. The maximum absolute atomic E-state index is 4.64. The van der Waals surface area contributed by atoms with Crippen molar-refractivity contribution >= 4 is 39.1 Å². The lowest BCUT2D eigenvalue weighted by atomic mass is 9.93. The molecule has 23 heavy (non-hydrogen) atoms. The standard InChI is InChI=1S/C19H18N2.CH3Cl/c1-19(11-5-2-6-12-19)21-14-9-10-16-15-7-3-4-8-17(15)20-18(16)13-14;1-2/h2-11,13,20-21H,12H2,1H3;1H3. The van der Waals surface area contributed by atoms with E-state index in [1.54, 1.807) is 0 Å². The quantitative estimate of drug-likeness (QED) is 0.567. The van der Waals surface area contributed by atoms with Gasteiger partial charge in [0.1, 0.15) is 0 Å². The van der Waals surface area contributed by atoms with Crippen molar-refractivity contribution in [3.05, 3.63) is 66.8 Å². The molecule has 2 nitrogen and oxygen atoms in total. The monoisotopic (exact) mass is 324 g/mol. The van der Waals surface area contributed by atoms with Crippen LogP contribution in [0.2, 0.25) is 0 Å². The van der Waals surface area contributed by atoms with Gasteiger partial charge < -0.3 is 10.3 Å². The second kappa shape index (κ2) is 6.51. The molecule has 1 aromatic heterocycles. The van der Waals surface area contributed by atoms with Crippen LogP contribution < -0.4 is 5.32 Å². The highest BCUT2D eigenvalue weighted by Crippen LogP contribution is 2.29. The highest BCUT2D eigenvalue weighted by molar-refractivity contribution is 6.15. The summed E-state index contributed by atoms with van der Waals surface area (Å²) in [4.78, 5) is 3.50. The molecule has 0 saturated carbocycles. The number of H-pyrrole nitrogens is 1. The number of hydrogen-bond donors (Lipinski definition) is 2. The Kier molecular flexibility index (Phi) is 4.44. The zero-order valence-corrected chi connectivity index (χ0v) is 14.2. The number of benzene rings is 2. The van der Waals surface area contributed by atoms with Gasteiger partial charge in [-0.2, -0.15) is 0 Å². The van der Waals surface area contributed by atoms with Gasteiger partial charge in [-0.25, -0.2) is 0 Å². The van der Waals surface area contributed by atoms with E-state index in [-0.39, 0.29) is 5.54 Å². The smallest absolute Gasteiger partial charge is 0.0565 e. The molecule has 0 amide bonds. The summed E-state index contributed by atoms with van der Waals surface area (Å²) < 4.78 is 0. The fraction of sp³-hybridized carbons (Fsp3) is 0.200. The van der Waals surface area contributed by atoms with E-state index in [0.29, 0.717) is 0 Å². The lowest BCUT2D eigenvalue weighted by molar-refractivity contribution is 0.641. The summed E-state index contributed by atoms with van der Waals surface area (Å²) >= 11 is 4.64. The van der Waals surface area contributed by atoms with Crippen LogP contribution in [0.15, 0.2) is 66.8 Å². The van der Waals surface area contributed by atoms with Crippen LogP contribution >= 0.6 is 11.6 Å². The first-order valence-electron chi connectivity index (χ1n) is 7.74. The number of allylic oxidation sites excluding steroid dienone is 2. The van der Waals surface area contributed by atoms with E-state index in [4.69, 9.17) is 0 Å². The van der Waals surface area contributed by atoms with Gasteiger partial charge in [-0.05, 0) is 31.5 Å². The van der Waals surface area contributed by atoms with Gasteiger partial charge in [-0.15, -0.1) is 11.6 Å². The van der Waals surface area contributed by atoms with Crippen molar-refractivity contribution < 1.29 is 0 Å². The van der Waals surface area contributed by atoms with Crippen LogP contribution in [0.3, 0.4) is 0 Å². The summed E-state index contributed by atoms with van der Waals surface area (Å²) in [6.07, 6.45) is 11.1. The summed E-state index contributed by atoms with van der Waals surface area (Å²) in [5.74, 6) is 0. The predicted molar refractivity (Wildman–Crippen MR) is 103 cm³/mol. The van der Waals surface area contributed by atoms with Crippen LogP contribution in [0.25, 0.3) is 21.8 Å². The molecule has 3 heteroatoms. The van der Waals surface area contributed by atoms with Crippen LogP contribution in [0, 0.1) is 0 Å². The summed E-state index contributed by atoms with van der Waals surface area (Å²) in [7, 11) is 0. The molecular weight excluding hydrogens is 304 g/mol. The fourth-order valence-electron chi connectivity index (χ4n) is 3.08. The Morgan fingerprint density at radius 2 is 1.78 bits per heavy atom. The number of anilines is 1. The number of aromatic amines is 1. The van der Waals surface area contributed by atoms with Crippen molar-refractivity contribution in [1.82, 2.24) is 4.98 Å². The van der Waals surface area contributed by atoms with E-state index in [9.17, 15) is 0 Å². The van der Waals surface area contributed by atoms with Gasteiger partial charge in [0.05, 0.1) is 5.54 Å². The van der Waals surface area contributed by atoms with Crippen molar-refractivity contribution in [2.75, 3.05) is 11.7 Å². The van der Waals surface area contributed by atoms with Crippen molar-refractivity contribution in [3.63, 3.8) is 0 Å². The molecule has 1 atom stereocenters. The van der Waals surface area contributed by atoms with E-state index in [1.807, 2.05) is 0 Å². The first-order chi connectivity index (χ1) is 11.2. The minimum Gasteiger partial charge on any atom is -0.376 e. The molecule has 0 spiro atoms. The van der Waals surface area contributed by atoms with Crippen LogP contribution in [0.5, 0.6) is 0 Å². The molecule has 118 valence electrons. The third-order valence-corrected chi connectivity index (χ3v) is 4.19. The summed E-state index contributed by atoms with van der Waals surface area (Å²) in [5.41, 5.74) is 3.52. The Morgan fingerprint density at radius 1 is 1.00 bits per heavy atom. The van der Waals surface area contributed by atoms with Gasteiger partial charge >= 0.3 is 0 Å². The van der Waals surface area contributed by atoms with Crippen molar-refractivity contribution in [2.24, 2.45) is 0 Å². The molecular formula is C20H21ClN2. The molecule has 2 aromatic carbocycles. The van der Waals surface area contributed by atoms with Crippen molar-refractivity contribution in [1.29, 1.82) is 0 Å². The number of para-hydroxylation sites is 1. The van der Waals surface area contributed by atoms with Gasteiger partial charge in [0.2, 0.25) is 0 Å². The number of hydrogen-bond acceptors (Lipinski definition) is 1. The summed E-state index contributed by atoms with van der Waals surface area (Å²) in [5, 5.41) is 6.20. The van der Waals surface area contributed by atoms with E-state index >= 15 is 0 Å². The molecule has 1 unspecified atom stereocenters. The van der Waals surface area contributed by atoms with Gasteiger partial charge in [-0.3, -0.25) is 0 Å². The zero-order chi connectivity index (χ0) is 16.3. The molecule has 1 aliphatic carbocycles. The third-order valence-electron chi connectivity index (χ3n) is 4.19. The first kappa shape index (κ1) is 15.7. The van der Waals surface area contributed by atoms with E-state index in [2.05, 4.69) is 95.6 Å². The van der Waals surface area contributed by atoms with E-state index < -0.39 is 0 Å². The molecule has 1 aliphatic rings. The second-order valence-corrected chi connectivity index (χ2v) is 5.96. The normalized spacial score (nSPS) is 19.6. The van der Waals surface area contributed by atoms with Crippen molar-refractivity contribution in [3.8, 4) is 0 Å². The minimum atomic E-state index is -0.00551. The molecule has 3 aromatic rings. The highest BCUT2D eigenvalue weighted by atomic mass is 35.5. The Morgan fingerprint density at radius 3 is 2.57 bits per heavy atom. The number of halogens is 1. The maximum atomic E-state index is 4.64. The highest BCUT2D eigenvalue weighted by Gasteiger charge is 2.20. The minimum absolute atomic E-state index is 0.00551. The van der Waals surface area contributed by atoms with Gasteiger partial charge in [0, 0.05) is 33.9 Å². The number of rotatable bonds is 2. The molecule has 0 radical (unpaired) electrons. The number of nitrogens with one attached hydrogen (secondary N) is 2. The van der Waals surface area contributed by atoms with Crippen molar-refractivity contribution in [2.45, 2.75) is 18.9 Å². The van der Waals surface area contributed by atoms with Gasteiger partial charge in [0.15, 0.2) is 0 Å². The lowest BCUT2D eigenvalue weighted by Crippen LogP contribution is -2.32. The summed E-state index contributed by atoms with van der Waals surface area (Å²) in [6, 6.07) is 15.0. The number of aromatic nitrogens is 1. The predicted octanol–water partition coefficient (Wildman–Crippen LogP) is 5.86. The SMILES string of the molecule is CC1(Nc2ccc3c(c2)[nH]c2ccccc23)C=CC=CC1.CCl. The van der Waals surface area contributed by atoms with Crippen LogP contribution in [0.1, 0.15) is 13.3 Å². The second-order valence-electron chi connectivity index (χ2n) is 5.96. The van der Waals surface area contributed by atoms with Crippen LogP contribution in [-0.2, 0) is 0 Å². The molecule has 0 bridgehead atoms. The fourth-order valence-corrected chi connectivity index (χ4v) is 3.08. The third kappa shape index (κ3) is 3.13. The Bertz CT molecular complexity index is 876. The molecule has 2 N–H and O–H groups in total. The Balaban J connectivity index is 0.000000753. The van der Waals surface area contributed by atoms with E-state index in [1.165, 1.54) is 28.2 Å². The Labute approximate surface area is 141 Å². The van der Waals surface area contributed by atoms with Crippen LogP contribution in [-0.4, -0.2) is 16.9 Å². The molecule has 0 aliphatic heterocycles. The van der Waals surface area contributed by atoms with Crippen LogP contribution in [0.4, 0.5) is 5.69 Å². The van der Waals surface area contributed by atoms with Gasteiger partial charge in [0.25, 0.3) is 0 Å². The first-order valence-corrected chi connectivity index (χ1v) is 8.50. The number of fused-ring (bicyclic) bond motifs is 3. The molecule has 4 rings (SSSR count).